The highest BCUT2D eigenvalue weighted by molar-refractivity contribution is 7.17. The highest BCUT2D eigenvalue weighted by Gasteiger charge is 2.21. The maximum absolute atomic E-state index is 12.6. The number of benzene rings is 2. The number of amides is 2. The van der Waals surface area contributed by atoms with E-state index in [0.717, 1.165) is 28.0 Å². The van der Waals surface area contributed by atoms with Crippen LogP contribution in [0.3, 0.4) is 0 Å². The number of thiophene rings is 1. The Morgan fingerprint density at radius 2 is 1.77 bits per heavy atom. The molecule has 0 spiro atoms. The Bertz CT molecular complexity index is 1060. The second-order valence-electron chi connectivity index (χ2n) is 7.56. The van der Waals surface area contributed by atoms with Gasteiger partial charge in [-0.3, -0.25) is 9.59 Å². The Kier molecular flexibility index (Phi) is 7.47. The fraction of sp³-hybridized carbons (Fsp3) is 0.280. The van der Waals surface area contributed by atoms with E-state index in [2.05, 4.69) is 19.2 Å². The molecule has 0 aliphatic heterocycles. The van der Waals surface area contributed by atoms with Crippen LogP contribution in [-0.2, 0) is 11.2 Å². The molecule has 1 unspecified atom stereocenters. The van der Waals surface area contributed by atoms with E-state index in [1.54, 1.807) is 0 Å². The summed E-state index contributed by atoms with van der Waals surface area (Å²) in [6.45, 7) is 5.97. The number of carbonyl (C=O) groups is 2. The maximum atomic E-state index is 12.6. The van der Waals surface area contributed by atoms with Crippen molar-refractivity contribution >= 4 is 28.2 Å². The Balaban J connectivity index is 1.74. The number of ether oxygens (including phenoxy) is 1. The van der Waals surface area contributed by atoms with Crippen LogP contribution in [0.5, 0.6) is 5.75 Å². The summed E-state index contributed by atoms with van der Waals surface area (Å²) in [5.74, 6) is 0.163. The van der Waals surface area contributed by atoms with Crippen LogP contribution >= 0.6 is 11.3 Å². The summed E-state index contributed by atoms with van der Waals surface area (Å²) in [6, 6.07) is 17.7. The van der Waals surface area contributed by atoms with Gasteiger partial charge in [-0.05, 0) is 42.0 Å². The summed E-state index contributed by atoms with van der Waals surface area (Å²) < 4.78 is 5.80. The first-order valence-corrected chi connectivity index (χ1v) is 11.2. The Labute approximate surface area is 187 Å². The normalized spacial score (nSPS) is 11.7. The highest BCUT2D eigenvalue weighted by atomic mass is 32.1. The minimum Gasteiger partial charge on any atom is -0.483 e. The molecule has 3 rings (SSSR count). The summed E-state index contributed by atoms with van der Waals surface area (Å²) in [5.41, 5.74) is 8.99. The molecule has 1 heterocycles. The van der Waals surface area contributed by atoms with Crippen LogP contribution in [0.2, 0.25) is 0 Å². The van der Waals surface area contributed by atoms with Gasteiger partial charge in [-0.15, -0.1) is 11.3 Å². The molecule has 0 fully saturated rings. The average molecular weight is 437 g/mol. The van der Waals surface area contributed by atoms with Gasteiger partial charge in [-0.1, -0.05) is 62.4 Å². The second-order valence-corrected chi connectivity index (χ2v) is 8.67. The van der Waals surface area contributed by atoms with Crippen molar-refractivity contribution in [1.29, 1.82) is 0 Å². The van der Waals surface area contributed by atoms with Crippen molar-refractivity contribution in [2.75, 3.05) is 11.9 Å². The smallest absolute Gasteiger partial charge is 0.262 e. The fourth-order valence-corrected chi connectivity index (χ4v) is 4.70. The molecule has 0 radical (unpaired) electrons. The summed E-state index contributed by atoms with van der Waals surface area (Å²) in [7, 11) is 0. The first-order valence-electron chi connectivity index (χ1n) is 10.4. The van der Waals surface area contributed by atoms with Crippen molar-refractivity contribution in [3.05, 3.63) is 81.7 Å². The van der Waals surface area contributed by atoms with Gasteiger partial charge in [0.15, 0.2) is 6.61 Å². The summed E-state index contributed by atoms with van der Waals surface area (Å²) in [5, 5.41) is 3.30. The molecule has 3 N–H and O–H groups in total. The molecule has 2 aromatic carbocycles. The summed E-state index contributed by atoms with van der Waals surface area (Å²) in [6.07, 6.45) is 1.65. The lowest BCUT2D eigenvalue weighted by molar-refractivity contribution is -0.118. The molecule has 0 saturated carbocycles. The molecule has 0 aliphatic carbocycles. The van der Waals surface area contributed by atoms with Gasteiger partial charge in [0.05, 0.1) is 5.56 Å². The summed E-state index contributed by atoms with van der Waals surface area (Å²) in [4.78, 5) is 25.7. The molecular formula is C25H28N2O3S. The molecule has 5 nitrogen and oxygen atoms in total. The van der Waals surface area contributed by atoms with E-state index in [4.69, 9.17) is 10.5 Å². The van der Waals surface area contributed by atoms with Crippen molar-refractivity contribution in [2.45, 2.75) is 39.5 Å². The van der Waals surface area contributed by atoms with Crippen molar-refractivity contribution in [2.24, 2.45) is 5.73 Å². The number of anilines is 1. The minimum absolute atomic E-state index is 0.142. The van der Waals surface area contributed by atoms with Gasteiger partial charge in [0.1, 0.15) is 10.8 Å². The quantitative estimate of drug-likeness (QED) is 0.479. The largest absolute Gasteiger partial charge is 0.483 e. The fourth-order valence-electron chi connectivity index (χ4n) is 3.44. The van der Waals surface area contributed by atoms with Crippen molar-refractivity contribution in [1.82, 2.24) is 0 Å². The number of hydrogen-bond acceptors (Lipinski definition) is 4. The molecule has 1 atom stereocenters. The standard InChI is InChI=1S/C25H28N2O3S/c1-4-16(2)19-12-8-9-13-20(19)30-15-22(28)27-25-23(24(26)29)17(3)21(31-25)14-18-10-6-5-7-11-18/h5-13,16H,4,14-15H2,1-3H3,(H2,26,29)(H,27,28). The zero-order chi connectivity index (χ0) is 22.4. The number of rotatable bonds is 9. The number of carbonyl (C=O) groups excluding carboxylic acids is 2. The zero-order valence-electron chi connectivity index (χ0n) is 18.1. The molecule has 31 heavy (non-hydrogen) atoms. The van der Waals surface area contributed by atoms with Crippen molar-refractivity contribution < 1.29 is 14.3 Å². The molecule has 0 aliphatic rings. The van der Waals surface area contributed by atoms with Crippen LogP contribution < -0.4 is 15.8 Å². The van der Waals surface area contributed by atoms with Crippen LogP contribution in [0.15, 0.2) is 54.6 Å². The van der Waals surface area contributed by atoms with E-state index >= 15 is 0 Å². The molecule has 1 aromatic heterocycles. The van der Waals surface area contributed by atoms with E-state index in [1.165, 1.54) is 11.3 Å². The number of hydrogen-bond donors (Lipinski definition) is 2. The molecule has 0 bridgehead atoms. The van der Waals surface area contributed by atoms with Crippen molar-refractivity contribution in [3.63, 3.8) is 0 Å². The van der Waals surface area contributed by atoms with Crippen LogP contribution in [0.4, 0.5) is 5.00 Å². The van der Waals surface area contributed by atoms with Gasteiger partial charge < -0.3 is 15.8 Å². The van der Waals surface area contributed by atoms with Crippen LogP contribution in [0.1, 0.15) is 58.1 Å². The first kappa shape index (κ1) is 22.6. The van der Waals surface area contributed by atoms with Gasteiger partial charge in [-0.2, -0.15) is 0 Å². The predicted octanol–water partition coefficient (Wildman–Crippen LogP) is 5.28. The lowest BCUT2D eigenvalue weighted by Crippen LogP contribution is -2.22. The number of primary amides is 1. The third-order valence-corrected chi connectivity index (χ3v) is 6.58. The van der Waals surface area contributed by atoms with Crippen LogP contribution in [0.25, 0.3) is 0 Å². The second kappa shape index (κ2) is 10.3. The van der Waals surface area contributed by atoms with Crippen LogP contribution in [0, 0.1) is 6.92 Å². The SMILES string of the molecule is CCC(C)c1ccccc1OCC(=O)Nc1sc(Cc2ccccc2)c(C)c1C(N)=O. The minimum atomic E-state index is -0.550. The summed E-state index contributed by atoms with van der Waals surface area (Å²) >= 11 is 1.38. The third kappa shape index (κ3) is 5.52. The van der Waals surface area contributed by atoms with Gasteiger partial charge in [-0.25, -0.2) is 0 Å². The average Bonchev–Trinajstić information content (AvgIpc) is 3.07. The molecule has 2 amide bonds. The number of nitrogens with two attached hydrogens (primary N) is 1. The molecule has 3 aromatic rings. The van der Waals surface area contributed by atoms with E-state index in [-0.39, 0.29) is 12.5 Å². The Morgan fingerprint density at radius 1 is 1.10 bits per heavy atom. The molecule has 6 heteroatoms. The lowest BCUT2D eigenvalue weighted by atomic mass is 9.98. The number of para-hydroxylation sites is 1. The topological polar surface area (TPSA) is 81.4 Å². The van der Waals surface area contributed by atoms with Gasteiger partial charge in [0.2, 0.25) is 0 Å². The monoisotopic (exact) mass is 436 g/mol. The van der Waals surface area contributed by atoms with Crippen molar-refractivity contribution in [3.8, 4) is 5.75 Å². The Morgan fingerprint density at radius 3 is 2.45 bits per heavy atom. The predicted molar refractivity (Wildman–Crippen MR) is 126 cm³/mol. The highest BCUT2D eigenvalue weighted by Crippen LogP contribution is 2.34. The molecule has 162 valence electrons. The zero-order valence-corrected chi connectivity index (χ0v) is 18.9. The third-order valence-electron chi connectivity index (χ3n) is 5.37. The van der Waals surface area contributed by atoms with E-state index in [0.29, 0.717) is 28.7 Å². The molecule has 0 saturated heterocycles. The lowest BCUT2D eigenvalue weighted by Gasteiger charge is -2.15. The van der Waals surface area contributed by atoms with E-state index in [1.807, 2.05) is 61.5 Å². The van der Waals surface area contributed by atoms with Gasteiger partial charge in [0, 0.05) is 11.3 Å². The first-order chi connectivity index (χ1) is 14.9. The maximum Gasteiger partial charge on any atom is 0.262 e. The molecular weight excluding hydrogens is 408 g/mol. The van der Waals surface area contributed by atoms with E-state index < -0.39 is 5.91 Å². The van der Waals surface area contributed by atoms with E-state index in [9.17, 15) is 9.59 Å². The van der Waals surface area contributed by atoms with Crippen LogP contribution in [-0.4, -0.2) is 18.4 Å². The number of nitrogens with one attached hydrogen (secondary N) is 1. The van der Waals surface area contributed by atoms with Gasteiger partial charge >= 0.3 is 0 Å². The van der Waals surface area contributed by atoms with Gasteiger partial charge in [0.25, 0.3) is 11.8 Å². The Hall–Kier alpha value is -3.12.